The van der Waals surface area contributed by atoms with Crippen LogP contribution in [-0.2, 0) is 6.42 Å². The third kappa shape index (κ3) is 2.70. The predicted octanol–water partition coefficient (Wildman–Crippen LogP) is 2.35. The molecule has 0 spiro atoms. The molecule has 1 fully saturated rings. The van der Waals surface area contributed by atoms with Crippen molar-refractivity contribution in [1.29, 1.82) is 0 Å². The lowest BCUT2D eigenvalue weighted by molar-refractivity contribution is 0.169. The minimum absolute atomic E-state index is 0.255. The number of aryl methyl sites for hydroxylation is 2. The van der Waals surface area contributed by atoms with Gasteiger partial charge in [-0.05, 0) is 51.8 Å². The van der Waals surface area contributed by atoms with E-state index in [2.05, 4.69) is 43.1 Å². The molecule has 0 radical (unpaired) electrons. The molecule has 2 heteroatoms. The lowest BCUT2D eigenvalue weighted by Crippen LogP contribution is -2.47. The van der Waals surface area contributed by atoms with Gasteiger partial charge in [0.15, 0.2) is 0 Å². The van der Waals surface area contributed by atoms with Crippen LogP contribution in [0.3, 0.4) is 0 Å². The highest BCUT2D eigenvalue weighted by atomic mass is 15.2. The molecular weight excluding hydrogens is 208 g/mol. The molecule has 0 aromatic heterocycles. The first-order valence-corrected chi connectivity index (χ1v) is 6.63. The molecule has 1 aromatic rings. The maximum atomic E-state index is 6.01. The molecule has 2 rings (SSSR count). The van der Waals surface area contributed by atoms with Crippen LogP contribution in [0.2, 0.25) is 0 Å². The second kappa shape index (κ2) is 5.19. The maximum absolute atomic E-state index is 6.01. The van der Waals surface area contributed by atoms with Gasteiger partial charge in [0.2, 0.25) is 0 Å². The Morgan fingerprint density at radius 1 is 1.29 bits per heavy atom. The lowest BCUT2D eigenvalue weighted by Gasteiger charge is -2.35. The Bertz CT molecular complexity index is 358. The van der Waals surface area contributed by atoms with Gasteiger partial charge in [-0.3, -0.25) is 4.90 Å². The minimum atomic E-state index is 0.255. The van der Waals surface area contributed by atoms with Crippen LogP contribution >= 0.6 is 0 Å². The normalized spacial score (nSPS) is 25.4. The SMILES string of the molecule is Cc1ccc(CCC2(CN)CCCN2C)cc1. The second-order valence-electron chi connectivity index (χ2n) is 5.44. The Hall–Kier alpha value is -0.860. The van der Waals surface area contributed by atoms with E-state index in [1.165, 1.54) is 36.9 Å². The van der Waals surface area contributed by atoms with Crippen molar-refractivity contribution in [2.24, 2.45) is 5.73 Å². The van der Waals surface area contributed by atoms with Crippen LogP contribution in [0.4, 0.5) is 0 Å². The van der Waals surface area contributed by atoms with E-state index in [0.717, 1.165) is 13.0 Å². The van der Waals surface area contributed by atoms with Crippen molar-refractivity contribution in [1.82, 2.24) is 4.90 Å². The Morgan fingerprint density at radius 2 is 2.00 bits per heavy atom. The summed E-state index contributed by atoms with van der Waals surface area (Å²) < 4.78 is 0. The van der Waals surface area contributed by atoms with Gasteiger partial charge in [0, 0.05) is 12.1 Å². The van der Waals surface area contributed by atoms with Crippen molar-refractivity contribution < 1.29 is 0 Å². The average molecular weight is 232 g/mol. The zero-order valence-corrected chi connectivity index (χ0v) is 11.1. The smallest absolute Gasteiger partial charge is 0.0332 e. The van der Waals surface area contributed by atoms with Gasteiger partial charge in [-0.1, -0.05) is 29.8 Å². The third-order valence-corrected chi connectivity index (χ3v) is 4.33. The van der Waals surface area contributed by atoms with Crippen LogP contribution in [0.15, 0.2) is 24.3 Å². The van der Waals surface area contributed by atoms with E-state index in [1.54, 1.807) is 0 Å². The number of nitrogens with two attached hydrogens (primary N) is 1. The number of benzene rings is 1. The fourth-order valence-electron chi connectivity index (χ4n) is 2.88. The fraction of sp³-hybridized carbons (Fsp3) is 0.600. The molecule has 1 unspecified atom stereocenters. The van der Waals surface area contributed by atoms with E-state index >= 15 is 0 Å². The highest BCUT2D eigenvalue weighted by Crippen LogP contribution is 2.31. The van der Waals surface area contributed by atoms with Crippen LogP contribution in [0.5, 0.6) is 0 Å². The molecule has 0 bridgehead atoms. The summed E-state index contributed by atoms with van der Waals surface area (Å²) in [5, 5.41) is 0. The van der Waals surface area contributed by atoms with Gasteiger partial charge in [0.05, 0.1) is 0 Å². The molecule has 1 heterocycles. The maximum Gasteiger partial charge on any atom is 0.0332 e. The number of nitrogens with zero attached hydrogens (tertiary/aromatic N) is 1. The quantitative estimate of drug-likeness (QED) is 0.863. The van der Waals surface area contributed by atoms with Crippen molar-refractivity contribution in [2.45, 2.75) is 38.1 Å². The van der Waals surface area contributed by atoms with Gasteiger partial charge in [0.25, 0.3) is 0 Å². The van der Waals surface area contributed by atoms with Crippen molar-refractivity contribution >= 4 is 0 Å². The average Bonchev–Trinajstić information content (AvgIpc) is 2.71. The highest BCUT2D eigenvalue weighted by Gasteiger charge is 2.36. The number of hydrogen-bond donors (Lipinski definition) is 1. The van der Waals surface area contributed by atoms with Crippen LogP contribution in [0.1, 0.15) is 30.4 Å². The first kappa shape index (κ1) is 12.6. The van der Waals surface area contributed by atoms with E-state index in [0.29, 0.717) is 0 Å². The summed E-state index contributed by atoms with van der Waals surface area (Å²) in [6.45, 7) is 4.12. The molecule has 1 aliphatic heterocycles. The second-order valence-corrected chi connectivity index (χ2v) is 5.44. The molecule has 0 aliphatic carbocycles. The van der Waals surface area contributed by atoms with Gasteiger partial charge in [-0.2, -0.15) is 0 Å². The summed E-state index contributed by atoms with van der Waals surface area (Å²) in [6.07, 6.45) is 4.87. The molecule has 1 atom stereocenters. The number of likely N-dealkylation sites (tertiary alicyclic amines) is 1. The summed E-state index contributed by atoms with van der Waals surface area (Å²) in [5.74, 6) is 0. The van der Waals surface area contributed by atoms with E-state index in [9.17, 15) is 0 Å². The molecule has 1 aliphatic rings. The number of likely N-dealkylation sites (N-methyl/N-ethyl adjacent to an activating group) is 1. The van der Waals surface area contributed by atoms with E-state index in [-0.39, 0.29) is 5.54 Å². The zero-order valence-electron chi connectivity index (χ0n) is 11.1. The summed E-state index contributed by atoms with van der Waals surface area (Å²) in [5.41, 5.74) is 9.03. The van der Waals surface area contributed by atoms with E-state index in [1.807, 2.05) is 0 Å². The molecule has 2 nitrogen and oxygen atoms in total. The highest BCUT2D eigenvalue weighted by molar-refractivity contribution is 5.21. The molecule has 2 N–H and O–H groups in total. The van der Waals surface area contributed by atoms with Gasteiger partial charge in [-0.25, -0.2) is 0 Å². The summed E-state index contributed by atoms with van der Waals surface area (Å²) in [7, 11) is 2.22. The molecular formula is C15H24N2. The first-order valence-electron chi connectivity index (χ1n) is 6.63. The topological polar surface area (TPSA) is 29.3 Å². The van der Waals surface area contributed by atoms with Gasteiger partial charge in [0.1, 0.15) is 0 Å². The van der Waals surface area contributed by atoms with Crippen molar-refractivity contribution in [3.05, 3.63) is 35.4 Å². The zero-order chi connectivity index (χ0) is 12.3. The molecule has 1 aromatic carbocycles. The lowest BCUT2D eigenvalue weighted by atomic mass is 9.89. The molecule has 17 heavy (non-hydrogen) atoms. The molecule has 1 saturated heterocycles. The Labute approximate surface area is 105 Å². The van der Waals surface area contributed by atoms with Crippen LogP contribution in [-0.4, -0.2) is 30.6 Å². The number of rotatable bonds is 4. The third-order valence-electron chi connectivity index (χ3n) is 4.33. The first-order chi connectivity index (χ1) is 8.16. The van der Waals surface area contributed by atoms with Crippen molar-refractivity contribution in [3.63, 3.8) is 0 Å². The predicted molar refractivity (Wildman–Crippen MR) is 73.1 cm³/mol. The summed E-state index contributed by atoms with van der Waals surface area (Å²) in [4.78, 5) is 2.46. The van der Waals surface area contributed by atoms with Crippen molar-refractivity contribution in [3.8, 4) is 0 Å². The number of hydrogen-bond acceptors (Lipinski definition) is 2. The Morgan fingerprint density at radius 3 is 2.53 bits per heavy atom. The molecule has 0 saturated carbocycles. The minimum Gasteiger partial charge on any atom is -0.329 e. The van der Waals surface area contributed by atoms with E-state index in [4.69, 9.17) is 5.73 Å². The van der Waals surface area contributed by atoms with E-state index < -0.39 is 0 Å². The summed E-state index contributed by atoms with van der Waals surface area (Å²) >= 11 is 0. The van der Waals surface area contributed by atoms with Gasteiger partial charge in [-0.15, -0.1) is 0 Å². The van der Waals surface area contributed by atoms with Crippen LogP contribution in [0, 0.1) is 6.92 Å². The Balaban J connectivity index is 1.98. The fourth-order valence-corrected chi connectivity index (χ4v) is 2.88. The van der Waals surface area contributed by atoms with Crippen LogP contribution < -0.4 is 5.73 Å². The largest absolute Gasteiger partial charge is 0.329 e. The van der Waals surface area contributed by atoms with Gasteiger partial charge < -0.3 is 5.73 Å². The standard InChI is InChI=1S/C15H24N2/c1-13-4-6-14(7-5-13)8-10-15(12-16)9-3-11-17(15)2/h4-7H,3,8-12,16H2,1-2H3. The monoisotopic (exact) mass is 232 g/mol. The van der Waals surface area contributed by atoms with Gasteiger partial charge >= 0.3 is 0 Å². The molecule has 0 amide bonds. The summed E-state index contributed by atoms with van der Waals surface area (Å²) in [6, 6.07) is 8.88. The van der Waals surface area contributed by atoms with Crippen LogP contribution in [0.25, 0.3) is 0 Å². The van der Waals surface area contributed by atoms with Crippen molar-refractivity contribution in [2.75, 3.05) is 20.1 Å². The molecule has 94 valence electrons. The Kier molecular flexibility index (Phi) is 3.85.